The van der Waals surface area contributed by atoms with E-state index in [0.29, 0.717) is 0 Å². The fourth-order valence-corrected chi connectivity index (χ4v) is 1.26. The summed E-state index contributed by atoms with van der Waals surface area (Å²) in [5, 5.41) is 6.11. The van der Waals surface area contributed by atoms with Gasteiger partial charge in [0.2, 0.25) is 5.95 Å². The molecular formula is C10H12N5O3. The van der Waals surface area contributed by atoms with Crippen molar-refractivity contribution in [3.8, 4) is 0 Å². The Kier molecular flexibility index (Phi) is 2.77. The number of carbonyl (C=O) groups excluding carboxylic acids is 1. The Hall–Kier alpha value is -2.38. The molecule has 18 heavy (non-hydrogen) atoms. The smallest absolute Gasteiger partial charge is 0.414 e. The molecule has 0 unspecified atom stereocenters. The van der Waals surface area contributed by atoms with Gasteiger partial charge in [0, 0.05) is 0 Å². The molecule has 0 fully saturated rings. The highest BCUT2D eigenvalue weighted by Crippen LogP contribution is 2.21. The Labute approximate surface area is 102 Å². The van der Waals surface area contributed by atoms with E-state index in [0.717, 1.165) is 0 Å². The third-order valence-corrected chi connectivity index (χ3v) is 1.86. The first kappa shape index (κ1) is 12.1. The lowest BCUT2D eigenvalue weighted by atomic mass is 10.2. The number of anilines is 1. The van der Waals surface area contributed by atoms with E-state index in [1.165, 1.54) is 6.34 Å². The first-order valence-corrected chi connectivity index (χ1v) is 5.23. The van der Waals surface area contributed by atoms with Gasteiger partial charge in [0.15, 0.2) is 11.5 Å². The molecule has 8 heteroatoms. The number of nitrogens with zero attached hydrogens (tertiary/aromatic N) is 3. The monoisotopic (exact) mass is 250 g/mol. The quantitative estimate of drug-likeness (QED) is 0.775. The predicted octanol–water partition coefficient (Wildman–Crippen LogP) is 1.03. The molecule has 95 valence electrons. The molecule has 0 spiro atoms. The van der Waals surface area contributed by atoms with Crippen LogP contribution in [-0.4, -0.2) is 28.0 Å². The van der Waals surface area contributed by atoms with Gasteiger partial charge in [-0.2, -0.15) is 4.98 Å². The number of rotatable bonds is 1. The van der Waals surface area contributed by atoms with Gasteiger partial charge >= 0.3 is 6.09 Å². The van der Waals surface area contributed by atoms with Crippen LogP contribution in [0.15, 0.2) is 9.79 Å². The van der Waals surface area contributed by atoms with Crippen LogP contribution >= 0.6 is 0 Å². The average Bonchev–Trinajstić information content (AvgIpc) is 2.62. The Balaban J connectivity index is 2.15. The van der Waals surface area contributed by atoms with E-state index in [1.54, 1.807) is 20.8 Å². The highest BCUT2D eigenvalue weighted by molar-refractivity contribution is 5.84. The molecule has 1 aromatic rings. The number of aromatic nitrogens is 2. The second-order valence-corrected chi connectivity index (χ2v) is 4.59. The van der Waals surface area contributed by atoms with Crippen LogP contribution in [0, 0.1) is 0 Å². The number of hydrogen-bond donors (Lipinski definition) is 2. The minimum Gasteiger partial charge on any atom is -0.444 e. The van der Waals surface area contributed by atoms with Crippen molar-refractivity contribution >= 4 is 29.9 Å². The van der Waals surface area contributed by atoms with Crippen molar-refractivity contribution in [3.63, 3.8) is 0 Å². The van der Waals surface area contributed by atoms with Gasteiger partial charge in [0.25, 0.3) is 5.56 Å². The van der Waals surface area contributed by atoms with Gasteiger partial charge in [-0.1, -0.05) is 0 Å². The minimum absolute atomic E-state index is 0.0257. The van der Waals surface area contributed by atoms with Gasteiger partial charge in [-0.05, 0) is 20.8 Å². The Morgan fingerprint density at radius 1 is 1.44 bits per heavy atom. The van der Waals surface area contributed by atoms with Gasteiger partial charge in [0.1, 0.15) is 11.9 Å². The van der Waals surface area contributed by atoms with Crippen LogP contribution in [0.1, 0.15) is 20.8 Å². The molecule has 1 aliphatic rings. The topological polar surface area (TPSA) is 111 Å². The lowest BCUT2D eigenvalue weighted by Gasteiger charge is -2.19. The molecule has 2 N–H and O–H groups in total. The van der Waals surface area contributed by atoms with Crippen LogP contribution in [-0.2, 0) is 4.74 Å². The zero-order chi connectivity index (χ0) is 13.3. The standard InChI is InChI=1S/C10H12N5O3/c1-10(2,3)18-9(17)15-8-13-6-5(7(16)14-8)11-4-12-6/h4H,1-3H3,(H2,13,14,15,16,17). The van der Waals surface area contributed by atoms with Crippen molar-refractivity contribution in [2.75, 3.05) is 5.32 Å². The van der Waals surface area contributed by atoms with Crippen LogP contribution < -0.4 is 16.2 Å². The van der Waals surface area contributed by atoms with Crippen molar-refractivity contribution in [1.82, 2.24) is 15.3 Å². The van der Waals surface area contributed by atoms with Crippen molar-refractivity contribution in [3.05, 3.63) is 10.4 Å². The maximum Gasteiger partial charge on any atom is 0.414 e. The third kappa shape index (κ3) is 2.65. The number of amides is 1. The van der Waals surface area contributed by atoms with E-state index >= 15 is 0 Å². The highest BCUT2D eigenvalue weighted by Gasteiger charge is 2.19. The third-order valence-electron chi connectivity index (χ3n) is 1.86. The summed E-state index contributed by atoms with van der Waals surface area (Å²) in [6.45, 7) is 5.19. The maximum absolute atomic E-state index is 11.5. The molecule has 8 nitrogen and oxygen atoms in total. The number of ether oxygens (including phenoxy) is 1. The normalized spacial score (nSPS) is 12.8. The molecule has 1 aliphatic heterocycles. The minimum atomic E-state index is -0.704. The average molecular weight is 250 g/mol. The molecule has 0 aliphatic carbocycles. The summed E-state index contributed by atoms with van der Waals surface area (Å²) >= 11 is 0. The highest BCUT2D eigenvalue weighted by atomic mass is 16.6. The van der Waals surface area contributed by atoms with Crippen molar-refractivity contribution < 1.29 is 9.53 Å². The van der Waals surface area contributed by atoms with E-state index in [4.69, 9.17) is 4.74 Å². The van der Waals surface area contributed by atoms with Crippen LogP contribution in [0.4, 0.5) is 22.2 Å². The number of hydrogen-bond acceptors (Lipinski definition) is 5. The number of H-pyrrole nitrogens is 1. The van der Waals surface area contributed by atoms with Crippen LogP contribution in [0.2, 0.25) is 0 Å². The molecule has 1 amide bonds. The number of carbonyl (C=O) groups is 1. The molecule has 0 saturated carbocycles. The van der Waals surface area contributed by atoms with E-state index in [9.17, 15) is 9.59 Å². The van der Waals surface area contributed by atoms with Gasteiger partial charge in [-0.3, -0.25) is 15.1 Å². The fraction of sp³-hybridized carbons (Fsp3) is 0.400. The largest absolute Gasteiger partial charge is 0.444 e. The van der Waals surface area contributed by atoms with Crippen LogP contribution in [0.25, 0.3) is 0 Å². The number of nitrogens with one attached hydrogen (secondary N) is 2. The van der Waals surface area contributed by atoms with Gasteiger partial charge < -0.3 is 4.74 Å². The molecule has 1 aromatic heterocycles. The lowest BCUT2D eigenvalue weighted by molar-refractivity contribution is 0.0634. The van der Waals surface area contributed by atoms with Crippen molar-refractivity contribution in [1.29, 1.82) is 0 Å². The second-order valence-electron chi connectivity index (χ2n) is 4.59. The summed E-state index contributed by atoms with van der Waals surface area (Å²) in [5.41, 5.74) is -0.970. The Morgan fingerprint density at radius 2 is 2.17 bits per heavy atom. The number of aromatic amines is 1. The van der Waals surface area contributed by atoms with Crippen molar-refractivity contribution in [2.45, 2.75) is 26.4 Å². The predicted molar refractivity (Wildman–Crippen MR) is 64.7 cm³/mol. The molecule has 0 saturated heterocycles. The summed E-state index contributed by atoms with van der Waals surface area (Å²) in [6.07, 6.45) is 0.522. The SMILES string of the molecule is CC(C)(C)OC(=O)Nc1nc2c(c(=O)[nH]1)N=C[N]2. The molecule has 1 radical (unpaired) electrons. The van der Waals surface area contributed by atoms with E-state index in [1.807, 2.05) is 0 Å². The first-order valence-electron chi connectivity index (χ1n) is 5.23. The Bertz CT molecular complexity index is 570. The van der Waals surface area contributed by atoms with E-state index in [2.05, 4.69) is 25.6 Å². The molecule has 0 atom stereocenters. The fourth-order valence-electron chi connectivity index (χ4n) is 1.26. The summed E-state index contributed by atoms with van der Waals surface area (Å²) in [6, 6.07) is 0. The summed E-state index contributed by atoms with van der Waals surface area (Å²) in [4.78, 5) is 33.1. The number of aliphatic imine (C=N–C) groups is 1. The molecule has 0 bridgehead atoms. The van der Waals surface area contributed by atoms with Gasteiger partial charge in [0.05, 0.1) is 0 Å². The lowest BCUT2D eigenvalue weighted by Crippen LogP contribution is -2.28. The van der Waals surface area contributed by atoms with Crippen molar-refractivity contribution in [2.24, 2.45) is 4.99 Å². The summed E-state index contributed by atoms with van der Waals surface area (Å²) in [5.74, 6) is 0.145. The van der Waals surface area contributed by atoms with Crippen LogP contribution in [0.5, 0.6) is 0 Å². The van der Waals surface area contributed by atoms with Crippen LogP contribution in [0.3, 0.4) is 0 Å². The summed E-state index contributed by atoms with van der Waals surface area (Å²) < 4.78 is 5.03. The molecule has 0 aromatic carbocycles. The number of fused-ring (bicyclic) bond motifs is 1. The van der Waals surface area contributed by atoms with Gasteiger partial charge in [-0.15, -0.1) is 0 Å². The van der Waals surface area contributed by atoms with E-state index < -0.39 is 17.3 Å². The molecule has 2 rings (SSSR count). The van der Waals surface area contributed by atoms with Gasteiger partial charge in [-0.25, -0.2) is 15.1 Å². The first-order chi connectivity index (χ1) is 8.35. The Morgan fingerprint density at radius 3 is 2.83 bits per heavy atom. The summed E-state index contributed by atoms with van der Waals surface area (Å²) in [7, 11) is 0. The van der Waals surface area contributed by atoms with E-state index in [-0.39, 0.29) is 17.5 Å². The second kappa shape index (κ2) is 4.13. The molecule has 2 heterocycles. The zero-order valence-corrected chi connectivity index (χ0v) is 10.1. The molecular weight excluding hydrogens is 238 g/mol. The maximum atomic E-state index is 11.5. The zero-order valence-electron chi connectivity index (χ0n) is 10.1.